The van der Waals surface area contributed by atoms with E-state index in [1.807, 2.05) is 0 Å². The van der Waals surface area contributed by atoms with Crippen LogP contribution in [0.5, 0.6) is 0 Å². The summed E-state index contributed by atoms with van der Waals surface area (Å²) in [5.74, 6) is 0. The number of nitro benzene ring substituents is 1. The maximum absolute atomic E-state index is 11.4. The predicted molar refractivity (Wildman–Crippen MR) is 73.7 cm³/mol. The molecule has 110 valence electrons. The van der Waals surface area contributed by atoms with Gasteiger partial charge < -0.3 is 10.1 Å². The molecular weight excluding hydrogens is 284 g/mol. The lowest BCUT2D eigenvalue weighted by molar-refractivity contribution is -0.384. The summed E-state index contributed by atoms with van der Waals surface area (Å²) in [5, 5.41) is 14.0. The first-order valence-electron chi connectivity index (χ1n) is 6.22. The zero-order valence-electron chi connectivity index (χ0n) is 11.0. The first kappa shape index (κ1) is 14.7. The summed E-state index contributed by atoms with van der Waals surface area (Å²) in [6.07, 6.45) is 2.97. The topological polar surface area (TPSA) is 98.5 Å². The molecule has 0 bridgehead atoms. The van der Waals surface area contributed by atoms with Crippen LogP contribution in [0.15, 0.2) is 23.1 Å². The van der Waals surface area contributed by atoms with Gasteiger partial charge in [0, 0.05) is 25.5 Å². The first-order valence-corrected chi connectivity index (χ1v) is 8.11. The number of ether oxygens (including phenoxy) is 1. The van der Waals surface area contributed by atoms with Crippen molar-refractivity contribution in [3.63, 3.8) is 0 Å². The SMILES string of the molecule is CS(=O)(=O)c1ccc(NC[C@H]2CCCO2)c([N+](=O)[O-])c1. The monoisotopic (exact) mass is 300 g/mol. The Bertz CT molecular complexity index is 608. The summed E-state index contributed by atoms with van der Waals surface area (Å²) < 4.78 is 28.3. The van der Waals surface area contributed by atoms with Gasteiger partial charge in [0.2, 0.25) is 0 Å². The van der Waals surface area contributed by atoms with Gasteiger partial charge in [0.05, 0.1) is 15.9 Å². The summed E-state index contributed by atoms with van der Waals surface area (Å²) in [6.45, 7) is 1.18. The molecule has 1 aliphatic heterocycles. The lowest BCUT2D eigenvalue weighted by Crippen LogP contribution is -2.19. The lowest BCUT2D eigenvalue weighted by atomic mass is 10.2. The van der Waals surface area contributed by atoms with Crippen LogP contribution in [0.1, 0.15) is 12.8 Å². The highest BCUT2D eigenvalue weighted by Crippen LogP contribution is 2.28. The van der Waals surface area contributed by atoms with Crippen molar-refractivity contribution in [3.8, 4) is 0 Å². The first-order chi connectivity index (χ1) is 9.38. The minimum Gasteiger partial charge on any atom is -0.377 e. The Balaban J connectivity index is 2.21. The Hall–Kier alpha value is -1.67. The Morgan fingerprint density at radius 3 is 2.80 bits per heavy atom. The molecule has 8 heteroatoms. The summed E-state index contributed by atoms with van der Waals surface area (Å²) in [4.78, 5) is 10.4. The van der Waals surface area contributed by atoms with Crippen LogP contribution in [0.2, 0.25) is 0 Å². The van der Waals surface area contributed by atoms with Crippen LogP contribution < -0.4 is 5.32 Å². The van der Waals surface area contributed by atoms with Crippen LogP contribution in [0, 0.1) is 10.1 Å². The number of nitrogens with one attached hydrogen (secondary N) is 1. The number of nitro groups is 1. The molecule has 7 nitrogen and oxygen atoms in total. The van der Waals surface area contributed by atoms with E-state index >= 15 is 0 Å². The number of sulfone groups is 1. The molecule has 2 rings (SSSR count). The van der Waals surface area contributed by atoms with E-state index in [4.69, 9.17) is 4.74 Å². The highest BCUT2D eigenvalue weighted by molar-refractivity contribution is 7.90. The van der Waals surface area contributed by atoms with Gasteiger partial charge in [-0.15, -0.1) is 0 Å². The second-order valence-electron chi connectivity index (χ2n) is 4.72. The number of nitrogens with zero attached hydrogens (tertiary/aromatic N) is 1. The molecule has 1 aliphatic rings. The normalized spacial score (nSPS) is 18.9. The van der Waals surface area contributed by atoms with E-state index in [0.717, 1.165) is 25.2 Å². The highest BCUT2D eigenvalue weighted by Gasteiger charge is 2.20. The van der Waals surface area contributed by atoms with Crippen LogP contribution in [0.3, 0.4) is 0 Å². The Kier molecular flexibility index (Phi) is 4.24. The van der Waals surface area contributed by atoms with Gasteiger partial charge in [-0.05, 0) is 25.0 Å². The summed E-state index contributed by atoms with van der Waals surface area (Å²) in [7, 11) is -3.46. The molecule has 0 radical (unpaired) electrons. The maximum Gasteiger partial charge on any atom is 0.293 e. The molecular formula is C12H16N2O5S. The van der Waals surface area contributed by atoms with Crippen molar-refractivity contribution in [1.82, 2.24) is 0 Å². The molecule has 1 fully saturated rings. The van der Waals surface area contributed by atoms with Gasteiger partial charge in [-0.3, -0.25) is 10.1 Å². The quantitative estimate of drug-likeness (QED) is 0.655. The standard InChI is InChI=1S/C12H16N2O5S/c1-20(17,18)10-4-5-11(12(7-10)14(15)16)13-8-9-3-2-6-19-9/h4-5,7,9,13H,2-3,6,8H2,1H3/t9-/m1/s1. The molecule has 1 saturated heterocycles. The molecule has 0 aromatic heterocycles. The van der Waals surface area contributed by atoms with Gasteiger partial charge in [0.1, 0.15) is 5.69 Å². The van der Waals surface area contributed by atoms with E-state index in [2.05, 4.69) is 5.32 Å². The fourth-order valence-corrected chi connectivity index (χ4v) is 2.71. The minimum absolute atomic E-state index is 0.0455. The molecule has 1 heterocycles. The number of rotatable bonds is 5. The van der Waals surface area contributed by atoms with Gasteiger partial charge in [0.25, 0.3) is 5.69 Å². The van der Waals surface area contributed by atoms with Crippen molar-refractivity contribution in [2.24, 2.45) is 0 Å². The van der Waals surface area contributed by atoms with Crippen molar-refractivity contribution >= 4 is 21.2 Å². The van der Waals surface area contributed by atoms with Gasteiger partial charge in [-0.25, -0.2) is 8.42 Å². The number of anilines is 1. The van der Waals surface area contributed by atoms with Crippen LogP contribution >= 0.6 is 0 Å². The molecule has 20 heavy (non-hydrogen) atoms. The number of hydrogen-bond acceptors (Lipinski definition) is 6. The van der Waals surface area contributed by atoms with E-state index in [9.17, 15) is 18.5 Å². The molecule has 0 saturated carbocycles. The van der Waals surface area contributed by atoms with Crippen LogP contribution in [-0.4, -0.2) is 38.9 Å². The highest BCUT2D eigenvalue weighted by atomic mass is 32.2. The molecule has 0 spiro atoms. The average molecular weight is 300 g/mol. The molecule has 1 aromatic rings. The van der Waals surface area contributed by atoms with Crippen molar-refractivity contribution < 1.29 is 18.1 Å². The van der Waals surface area contributed by atoms with Gasteiger partial charge in [-0.2, -0.15) is 0 Å². The van der Waals surface area contributed by atoms with Gasteiger partial charge >= 0.3 is 0 Å². The summed E-state index contributed by atoms with van der Waals surface area (Å²) in [6, 6.07) is 3.86. The largest absolute Gasteiger partial charge is 0.377 e. The van der Waals surface area contributed by atoms with E-state index in [0.29, 0.717) is 18.8 Å². The van der Waals surface area contributed by atoms with Crippen molar-refractivity contribution in [3.05, 3.63) is 28.3 Å². The molecule has 0 aliphatic carbocycles. The fraction of sp³-hybridized carbons (Fsp3) is 0.500. The second-order valence-corrected chi connectivity index (χ2v) is 6.74. The van der Waals surface area contributed by atoms with Crippen molar-refractivity contribution in [1.29, 1.82) is 0 Å². The van der Waals surface area contributed by atoms with Crippen molar-refractivity contribution in [2.45, 2.75) is 23.8 Å². The third kappa shape index (κ3) is 3.45. The van der Waals surface area contributed by atoms with Gasteiger partial charge in [-0.1, -0.05) is 0 Å². The zero-order valence-corrected chi connectivity index (χ0v) is 11.9. The van der Waals surface area contributed by atoms with Crippen molar-refractivity contribution in [2.75, 3.05) is 24.7 Å². The number of hydrogen-bond donors (Lipinski definition) is 1. The minimum atomic E-state index is -3.46. The van der Waals surface area contributed by atoms with E-state index in [-0.39, 0.29) is 16.7 Å². The molecule has 1 atom stereocenters. The van der Waals surface area contributed by atoms with E-state index in [1.165, 1.54) is 12.1 Å². The maximum atomic E-state index is 11.4. The molecule has 0 unspecified atom stereocenters. The average Bonchev–Trinajstić information content (AvgIpc) is 2.88. The van der Waals surface area contributed by atoms with E-state index < -0.39 is 14.8 Å². The second kappa shape index (κ2) is 5.76. The fourth-order valence-electron chi connectivity index (χ4n) is 2.07. The smallest absolute Gasteiger partial charge is 0.293 e. The van der Waals surface area contributed by atoms with Crippen LogP contribution in [0.4, 0.5) is 11.4 Å². The number of benzene rings is 1. The van der Waals surface area contributed by atoms with Gasteiger partial charge in [0.15, 0.2) is 9.84 Å². The predicted octanol–water partition coefficient (Wildman–Crippen LogP) is 1.59. The Morgan fingerprint density at radius 1 is 1.50 bits per heavy atom. The third-order valence-electron chi connectivity index (χ3n) is 3.14. The summed E-state index contributed by atoms with van der Waals surface area (Å²) in [5.41, 5.74) is 0.0591. The summed E-state index contributed by atoms with van der Waals surface area (Å²) >= 11 is 0. The van der Waals surface area contributed by atoms with Crippen LogP contribution in [-0.2, 0) is 14.6 Å². The zero-order chi connectivity index (χ0) is 14.8. The van der Waals surface area contributed by atoms with Crippen LogP contribution in [0.25, 0.3) is 0 Å². The Morgan fingerprint density at radius 2 is 2.25 bits per heavy atom. The third-order valence-corrected chi connectivity index (χ3v) is 4.25. The molecule has 1 aromatic carbocycles. The molecule has 0 amide bonds. The molecule has 1 N–H and O–H groups in total. The van der Waals surface area contributed by atoms with E-state index in [1.54, 1.807) is 0 Å². The Labute approximate surface area is 117 Å². The lowest BCUT2D eigenvalue weighted by Gasteiger charge is -2.12.